The van der Waals surface area contributed by atoms with Crippen molar-refractivity contribution in [1.82, 2.24) is 0 Å². The lowest BCUT2D eigenvalue weighted by molar-refractivity contribution is 0.100. The van der Waals surface area contributed by atoms with E-state index in [4.69, 9.17) is 11.6 Å². The summed E-state index contributed by atoms with van der Waals surface area (Å²) >= 11 is 7.35. The molecule has 2 fully saturated rings. The average molecular weight is 421 g/mol. The van der Waals surface area contributed by atoms with Crippen LogP contribution in [0.25, 0.3) is 0 Å². The van der Waals surface area contributed by atoms with Crippen molar-refractivity contribution in [2.75, 3.05) is 16.4 Å². The maximum Gasteiger partial charge on any atom is 0.279 e. The number of aryl methyl sites for hydroxylation is 1. The van der Waals surface area contributed by atoms with Crippen LogP contribution >= 0.6 is 23.4 Å². The van der Waals surface area contributed by atoms with Gasteiger partial charge in [-0.25, -0.2) is 8.42 Å². The lowest BCUT2D eigenvalue weighted by Crippen LogP contribution is -2.37. The highest BCUT2D eigenvalue weighted by atomic mass is 35.5. The largest absolute Gasteiger partial charge is 0.316 e. The second-order valence-corrected chi connectivity index (χ2v) is 10.5. The third-order valence-corrected chi connectivity index (χ3v) is 8.10. The minimum atomic E-state index is -3.09. The zero-order valence-corrected chi connectivity index (χ0v) is 16.9. The van der Waals surface area contributed by atoms with Gasteiger partial charge in [-0.1, -0.05) is 41.1 Å². The second-order valence-electron chi connectivity index (χ2n) is 6.72. The van der Waals surface area contributed by atoms with Gasteiger partial charge in [0.2, 0.25) is 0 Å². The Morgan fingerprint density at radius 2 is 1.93 bits per heavy atom. The zero-order valence-electron chi connectivity index (χ0n) is 14.5. The number of carbonyl (C=O) groups excluding carboxylic acids is 1. The van der Waals surface area contributed by atoms with Crippen molar-refractivity contribution in [3.63, 3.8) is 0 Å². The molecule has 2 aliphatic rings. The molecule has 0 bridgehead atoms. The summed E-state index contributed by atoms with van der Waals surface area (Å²) < 4.78 is 24.2. The van der Waals surface area contributed by atoms with E-state index in [0.29, 0.717) is 15.8 Å². The molecule has 0 N–H and O–H groups in total. The van der Waals surface area contributed by atoms with E-state index >= 15 is 0 Å². The Morgan fingerprint density at radius 1 is 1.19 bits per heavy atom. The van der Waals surface area contributed by atoms with E-state index in [1.54, 1.807) is 24.3 Å². The molecule has 0 unspecified atom stereocenters. The minimum Gasteiger partial charge on any atom is -0.316 e. The van der Waals surface area contributed by atoms with Gasteiger partial charge in [0.15, 0.2) is 15.0 Å². The average Bonchev–Trinajstić information content (AvgIpc) is 3.07. The summed E-state index contributed by atoms with van der Waals surface area (Å²) in [6.07, 6.45) is 0. The molecule has 0 aliphatic carbocycles. The second kappa shape index (κ2) is 6.96. The van der Waals surface area contributed by atoms with Crippen molar-refractivity contribution in [2.24, 2.45) is 4.99 Å². The van der Waals surface area contributed by atoms with Gasteiger partial charge in [0.05, 0.1) is 17.5 Å². The summed E-state index contributed by atoms with van der Waals surface area (Å²) in [5.74, 6) is -0.169. The third-order valence-electron chi connectivity index (χ3n) is 4.63. The number of thioether (sulfide) groups is 1. The van der Waals surface area contributed by atoms with Crippen molar-refractivity contribution in [1.29, 1.82) is 0 Å². The molecule has 0 spiro atoms. The standard InChI is InChI=1S/C19H17ClN2O3S2/c1-12-3-2-4-13(9-12)18(23)21-19-22(15-7-5-14(20)6-8-15)16-10-27(24,25)11-17(16)26-19/h2-9,16-17H,10-11H2,1H3/t16-,17-/m0/s1. The predicted molar refractivity (Wildman–Crippen MR) is 111 cm³/mol. The van der Waals surface area contributed by atoms with Crippen molar-refractivity contribution in [2.45, 2.75) is 18.2 Å². The van der Waals surface area contributed by atoms with Gasteiger partial charge in [-0.2, -0.15) is 4.99 Å². The summed E-state index contributed by atoms with van der Waals surface area (Å²) in [5.41, 5.74) is 2.29. The summed E-state index contributed by atoms with van der Waals surface area (Å²) in [7, 11) is -3.09. The Morgan fingerprint density at radius 3 is 2.63 bits per heavy atom. The molecular weight excluding hydrogens is 404 g/mol. The van der Waals surface area contributed by atoms with Gasteiger partial charge in [0.25, 0.3) is 5.91 Å². The predicted octanol–water partition coefficient (Wildman–Crippen LogP) is 3.56. The first-order valence-electron chi connectivity index (χ1n) is 8.44. The molecule has 4 rings (SSSR count). The molecule has 2 saturated heterocycles. The molecular formula is C19H17ClN2O3S2. The number of sulfone groups is 1. The quantitative estimate of drug-likeness (QED) is 0.743. The smallest absolute Gasteiger partial charge is 0.279 e. The first kappa shape index (κ1) is 18.5. The fraction of sp³-hybridized carbons (Fsp3) is 0.263. The number of rotatable bonds is 2. The molecule has 2 aliphatic heterocycles. The van der Waals surface area contributed by atoms with Crippen LogP contribution in [0.15, 0.2) is 53.5 Å². The Kier molecular flexibility index (Phi) is 4.78. The lowest BCUT2D eigenvalue weighted by Gasteiger charge is -2.24. The monoisotopic (exact) mass is 420 g/mol. The number of anilines is 1. The van der Waals surface area contributed by atoms with Gasteiger partial charge in [0.1, 0.15) is 0 Å². The Bertz CT molecular complexity index is 1040. The number of hydrogen-bond acceptors (Lipinski definition) is 4. The Hall–Kier alpha value is -1.83. The molecule has 2 atom stereocenters. The normalized spacial score (nSPS) is 25.0. The van der Waals surface area contributed by atoms with Crippen LogP contribution in [0.5, 0.6) is 0 Å². The number of nitrogens with zero attached hydrogens (tertiary/aromatic N) is 2. The molecule has 0 saturated carbocycles. The summed E-state index contributed by atoms with van der Waals surface area (Å²) in [5, 5.41) is 0.999. The Labute approximate surface area is 167 Å². The molecule has 1 amide bonds. The molecule has 27 heavy (non-hydrogen) atoms. The molecule has 0 radical (unpaired) electrons. The number of halogens is 1. The number of benzene rings is 2. The van der Waals surface area contributed by atoms with E-state index in [-0.39, 0.29) is 28.7 Å². The molecule has 8 heteroatoms. The fourth-order valence-electron chi connectivity index (χ4n) is 3.40. The number of amidine groups is 1. The molecule has 2 aromatic carbocycles. The summed E-state index contributed by atoms with van der Waals surface area (Å²) in [4.78, 5) is 18.9. The van der Waals surface area contributed by atoms with Crippen molar-refractivity contribution < 1.29 is 13.2 Å². The van der Waals surface area contributed by atoms with Crippen LogP contribution in [-0.2, 0) is 9.84 Å². The van der Waals surface area contributed by atoms with Crippen LogP contribution < -0.4 is 4.90 Å². The van der Waals surface area contributed by atoms with Crippen LogP contribution in [0.4, 0.5) is 5.69 Å². The highest BCUT2D eigenvalue weighted by Crippen LogP contribution is 2.41. The van der Waals surface area contributed by atoms with Gasteiger partial charge in [-0.3, -0.25) is 4.79 Å². The van der Waals surface area contributed by atoms with E-state index in [9.17, 15) is 13.2 Å². The molecule has 2 heterocycles. The van der Waals surface area contributed by atoms with E-state index in [1.165, 1.54) is 11.8 Å². The van der Waals surface area contributed by atoms with Crippen molar-refractivity contribution in [3.8, 4) is 0 Å². The SMILES string of the molecule is Cc1cccc(C(=O)N=C2S[C@H]3CS(=O)(=O)C[C@@H]3N2c2ccc(Cl)cc2)c1. The van der Waals surface area contributed by atoms with E-state index in [0.717, 1.165) is 11.3 Å². The molecule has 140 valence electrons. The van der Waals surface area contributed by atoms with Crippen LogP contribution in [0.3, 0.4) is 0 Å². The highest BCUT2D eigenvalue weighted by molar-refractivity contribution is 8.16. The first-order chi connectivity index (χ1) is 12.8. The lowest BCUT2D eigenvalue weighted by atomic mass is 10.1. The number of amides is 1. The summed E-state index contributed by atoms with van der Waals surface area (Å²) in [6, 6.07) is 14.2. The topological polar surface area (TPSA) is 66.8 Å². The van der Waals surface area contributed by atoms with E-state index in [1.807, 2.05) is 36.1 Å². The maximum atomic E-state index is 12.7. The van der Waals surface area contributed by atoms with Crippen LogP contribution in [-0.4, -0.2) is 42.3 Å². The van der Waals surface area contributed by atoms with E-state index in [2.05, 4.69) is 4.99 Å². The Balaban J connectivity index is 1.72. The number of fused-ring (bicyclic) bond motifs is 1. The number of hydrogen-bond donors (Lipinski definition) is 0. The minimum absolute atomic E-state index is 0.0605. The van der Waals surface area contributed by atoms with Crippen molar-refractivity contribution in [3.05, 3.63) is 64.7 Å². The van der Waals surface area contributed by atoms with Gasteiger partial charge >= 0.3 is 0 Å². The van der Waals surface area contributed by atoms with Gasteiger partial charge in [-0.15, -0.1) is 0 Å². The number of aliphatic imine (C=N–C) groups is 1. The maximum absolute atomic E-state index is 12.7. The van der Waals surface area contributed by atoms with Gasteiger partial charge < -0.3 is 4.90 Å². The molecule has 0 aromatic heterocycles. The summed E-state index contributed by atoms with van der Waals surface area (Å²) in [6.45, 7) is 1.92. The van der Waals surface area contributed by atoms with E-state index < -0.39 is 9.84 Å². The van der Waals surface area contributed by atoms with Crippen molar-refractivity contribution >= 4 is 50.0 Å². The third kappa shape index (κ3) is 3.77. The highest BCUT2D eigenvalue weighted by Gasteiger charge is 2.49. The van der Waals surface area contributed by atoms with Gasteiger partial charge in [0, 0.05) is 21.5 Å². The fourth-order valence-corrected chi connectivity index (χ4v) is 7.44. The van der Waals surface area contributed by atoms with Crippen LogP contribution in [0.2, 0.25) is 5.02 Å². The van der Waals surface area contributed by atoms with Crippen LogP contribution in [0.1, 0.15) is 15.9 Å². The number of carbonyl (C=O) groups is 1. The molecule has 5 nitrogen and oxygen atoms in total. The van der Waals surface area contributed by atoms with Gasteiger partial charge in [-0.05, 0) is 43.3 Å². The molecule has 2 aromatic rings. The zero-order chi connectivity index (χ0) is 19.2. The first-order valence-corrected chi connectivity index (χ1v) is 11.5. The van der Waals surface area contributed by atoms with Crippen LogP contribution in [0, 0.1) is 6.92 Å².